The molecule has 4 nitrogen and oxygen atoms in total. The quantitative estimate of drug-likeness (QED) is 0.820. The molecule has 1 aliphatic carbocycles. The maximum absolute atomic E-state index is 8.78. The molecule has 0 bridgehead atoms. The number of nitrogens with zero attached hydrogens (tertiary/aromatic N) is 3. The van der Waals surface area contributed by atoms with Crippen LogP contribution in [0.3, 0.4) is 0 Å². The zero-order valence-corrected chi connectivity index (χ0v) is 10.7. The normalized spacial score (nSPS) is 17.1. The molecular weight excluding hydrogens is 214 g/mol. The number of rotatable bonds is 6. The van der Waals surface area contributed by atoms with Gasteiger partial charge in [-0.1, -0.05) is 12.8 Å². The van der Waals surface area contributed by atoms with Crippen molar-refractivity contribution in [2.24, 2.45) is 0 Å². The van der Waals surface area contributed by atoms with Crippen molar-refractivity contribution < 1.29 is 5.11 Å². The van der Waals surface area contributed by atoms with Crippen LogP contribution in [-0.4, -0.2) is 40.0 Å². The summed E-state index contributed by atoms with van der Waals surface area (Å²) in [5, 5.41) is 13.4. The average Bonchev–Trinajstić information content (AvgIpc) is 2.95. The summed E-state index contributed by atoms with van der Waals surface area (Å²) in [5.41, 5.74) is 1.14. The van der Waals surface area contributed by atoms with Gasteiger partial charge in [-0.05, 0) is 32.4 Å². The Morgan fingerprint density at radius 1 is 1.47 bits per heavy atom. The first-order valence-corrected chi connectivity index (χ1v) is 6.63. The molecule has 0 unspecified atom stereocenters. The highest BCUT2D eigenvalue weighted by atomic mass is 16.3. The Balaban J connectivity index is 1.84. The van der Waals surface area contributed by atoms with Gasteiger partial charge in [0, 0.05) is 25.9 Å². The van der Waals surface area contributed by atoms with E-state index < -0.39 is 0 Å². The fourth-order valence-corrected chi connectivity index (χ4v) is 2.53. The van der Waals surface area contributed by atoms with E-state index in [1.165, 1.54) is 25.7 Å². The van der Waals surface area contributed by atoms with Crippen molar-refractivity contribution in [2.75, 3.05) is 20.2 Å². The van der Waals surface area contributed by atoms with E-state index in [0.717, 1.165) is 25.2 Å². The Labute approximate surface area is 103 Å². The average molecular weight is 237 g/mol. The minimum absolute atomic E-state index is 0.265. The first-order valence-electron chi connectivity index (χ1n) is 6.63. The van der Waals surface area contributed by atoms with E-state index in [4.69, 9.17) is 5.11 Å². The van der Waals surface area contributed by atoms with E-state index in [0.29, 0.717) is 6.04 Å². The topological polar surface area (TPSA) is 41.3 Å². The van der Waals surface area contributed by atoms with Gasteiger partial charge in [0.05, 0.1) is 11.7 Å². The summed E-state index contributed by atoms with van der Waals surface area (Å²) in [6, 6.07) is 2.75. The molecule has 4 heteroatoms. The van der Waals surface area contributed by atoms with Gasteiger partial charge in [0.25, 0.3) is 0 Å². The summed E-state index contributed by atoms with van der Waals surface area (Å²) in [7, 11) is 2.07. The highest BCUT2D eigenvalue weighted by molar-refractivity contribution is 5.00. The Hall–Kier alpha value is -0.870. The van der Waals surface area contributed by atoms with Gasteiger partial charge in [-0.15, -0.1) is 0 Å². The smallest absolute Gasteiger partial charge is 0.0764 e. The first-order chi connectivity index (χ1) is 8.29. The fraction of sp³-hybridized carbons (Fsp3) is 0.769. The maximum Gasteiger partial charge on any atom is 0.0764 e. The van der Waals surface area contributed by atoms with Crippen molar-refractivity contribution in [1.82, 2.24) is 14.7 Å². The minimum atomic E-state index is 0.265. The molecule has 1 aromatic heterocycles. The Morgan fingerprint density at radius 3 is 2.94 bits per heavy atom. The van der Waals surface area contributed by atoms with E-state index in [-0.39, 0.29) is 6.61 Å². The molecule has 0 spiro atoms. The molecule has 1 aliphatic rings. The van der Waals surface area contributed by atoms with E-state index >= 15 is 0 Å². The molecule has 0 atom stereocenters. The molecule has 0 amide bonds. The van der Waals surface area contributed by atoms with Crippen molar-refractivity contribution in [1.29, 1.82) is 0 Å². The Morgan fingerprint density at radius 2 is 2.24 bits per heavy atom. The zero-order valence-electron chi connectivity index (χ0n) is 10.7. The predicted octanol–water partition coefficient (Wildman–Crippen LogP) is 1.81. The number of hydrogen-bond acceptors (Lipinski definition) is 3. The lowest BCUT2D eigenvalue weighted by molar-refractivity contribution is 0.242. The summed E-state index contributed by atoms with van der Waals surface area (Å²) < 4.78 is 2.14. The maximum atomic E-state index is 8.78. The molecule has 1 saturated carbocycles. The number of aromatic nitrogens is 2. The van der Waals surface area contributed by atoms with Crippen LogP contribution >= 0.6 is 0 Å². The monoisotopic (exact) mass is 237 g/mol. The Kier molecular flexibility index (Phi) is 4.57. The van der Waals surface area contributed by atoms with E-state index in [2.05, 4.69) is 34.0 Å². The molecule has 96 valence electrons. The van der Waals surface area contributed by atoms with Crippen molar-refractivity contribution in [3.63, 3.8) is 0 Å². The SMILES string of the molecule is CN(CCCO)Cc1ccn(C2CCCC2)n1. The third-order valence-electron chi connectivity index (χ3n) is 3.49. The first kappa shape index (κ1) is 12.6. The van der Waals surface area contributed by atoms with Crippen LogP contribution in [0.2, 0.25) is 0 Å². The van der Waals surface area contributed by atoms with Crippen LogP contribution in [0.4, 0.5) is 0 Å². The lowest BCUT2D eigenvalue weighted by atomic mass is 10.3. The molecule has 1 aromatic rings. The van der Waals surface area contributed by atoms with Gasteiger partial charge in [-0.25, -0.2) is 0 Å². The van der Waals surface area contributed by atoms with Crippen LogP contribution in [-0.2, 0) is 6.54 Å². The molecule has 0 radical (unpaired) electrons. The van der Waals surface area contributed by atoms with Crippen molar-refractivity contribution in [3.8, 4) is 0 Å². The minimum Gasteiger partial charge on any atom is -0.396 e. The van der Waals surface area contributed by atoms with Crippen molar-refractivity contribution in [2.45, 2.75) is 44.7 Å². The third-order valence-corrected chi connectivity index (χ3v) is 3.49. The molecule has 2 rings (SSSR count). The number of aliphatic hydroxyl groups excluding tert-OH is 1. The standard InChI is InChI=1S/C13H23N3O/c1-15(8-4-10-17)11-12-7-9-16(14-12)13-5-2-3-6-13/h7,9,13,17H,2-6,8,10-11H2,1H3. The van der Waals surface area contributed by atoms with Gasteiger partial charge in [0.2, 0.25) is 0 Å². The molecule has 1 N–H and O–H groups in total. The molecule has 1 heterocycles. The van der Waals surface area contributed by atoms with Crippen molar-refractivity contribution in [3.05, 3.63) is 18.0 Å². The summed E-state index contributed by atoms with van der Waals surface area (Å²) in [6.45, 7) is 2.06. The number of aliphatic hydroxyl groups is 1. The summed E-state index contributed by atoms with van der Waals surface area (Å²) >= 11 is 0. The molecule has 1 fully saturated rings. The fourth-order valence-electron chi connectivity index (χ4n) is 2.53. The van der Waals surface area contributed by atoms with Gasteiger partial charge in [0.1, 0.15) is 0 Å². The van der Waals surface area contributed by atoms with Gasteiger partial charge >= 0.3 is 0 Å². The second kappa shape index (κ2) is 6.17. The van der Waals surface area contributed by atoms with Gasteiger partial charge in [-0.2, -0.15) is 5.10 Å². The zero-order chi connectivity index (χ0) is 12.1. The van der Waals surface area contributed by atoms with Gasteiger partial charge < -0.3 is 10.0 Å². The third kappa shape index (κ3) is 3.54. The molecular formula is C13H23N3O. The van der Waals surface area contributed by atoms with Crippen molar-refractivity contribution >= 4 is 0 Å². The van der Waals surface area contributed by atoms with Crippen LogP contribution < -0.4 is 0 Å². The lowest BCUT2D eigenvalue weighted by Crippen LogP contribution is -2.20. The predicted molar refractivity (Wildman–Crippen MR) is 67.8 cm³/mol. The van der Waals surface area contributed by atoms with E-state index in [1.807, 2.05) is 0 Å². The summed E-state index contributed by atoms with van der Waals surface area (Å²) in [4.78, 5) is 2.21. The van der Waals surface area contributed by atoms with E-state index in [9.17, 15) is 0 Å². The van der Waals surface area contributed by atoms with Gasteiger partial charge in [0.15, 0.2) is 0 Å². The second-order valence-corrected chi connectivity index (χ2v) is 5.04. The summed E-state index contributed by atoms with van der Waals surface area (Å²) in [6.07, 6.45) is 8.19. The van der Waals surface area contributed by atoms with Crippen LogP contribution in [0.15, 0.2) is 12.3 Å². The van der Waals surface area contributed by atoms with Crippen LogP contribution in [0.25, 0.3) is 0 Å². The van der Waals surface area contributed by atoms with Crippen LogP contribution in [0.1, 0.15) is 43.8 Å². The largest absolute Gasteiger partial charge is 0.396 e. The molecule has 0 saturated heterocycles. The molecule has 0 aliphatic heterocycles. The number of hydrogen-bond donors (Lipinski definition) is 1. The molecule has 17 heavy (non-hydrogen) atoms. The highest BCUT2D eigenvalue weighted by Gasteiger charge is 2.17. The lowest BCUT2D eigenvalue weighted by Gasteiger charge is -2.14. The second-order valence-electron chi connectivity index (χ2n) is 5.04. The van der Waals surface area contributed by atoms with Crippen LogP contribution in [0.5, 0.6) is 0 Å². The summed E-state index contributed by atoms with van der Waals surface area (Å²) in [5.74, 6) is 0. The molecule has 0 aromatic carbocycles. The van der Waals surface area contributed by atoms with Crippen LogP contribution in [0, 0.1) is 0 Å². The van der Waals surface area contributed by atoms with Gasteiger partial charge in [-0.3, -0.25) is 4.68 Å². The highest BCUT2D eigenvalue weighted by Crippen LogP contribution is 2.28. The Bertz CT molecular complexity index is 331. The van der Waals surface area contributed by atoms with E-state index in [1.54, 1.807) is 0 Å².